The van der Waals surface area contributed by atoms with Gasteiger partial charge in [0, 0.05) is 47.3 Å². The highest BCUT2D eigenvalue weighted by Gasteiger charge is 2.46. The SMILES string of the molecule is CC[C@@]1(O)C(=O)OCc2c1cc1n(c2=O)Cc2c-1nc1cc(F)c(C)c3c1c2/C(=N/C(=O)COCNC(=O)CNC(=O)[C@H](Cc1ccccc1)NC(=O)CNC(O)Cn1cc(CNCO)nn1)CC3. The summed E-state index contributed by atoms with van der Waals surface area (Å²) in [6.45, 7) is 1.12. The summed E-state index contributed by atoms with van der Waals surface area (Å²) in [5.41, 5.74) is 2.46. The number of nitrogens with one attached hydrogen (secondary N) is 5. The number of aromatic nitrogens is 5. The van der Waals surface area contributed by atoms with Crippen LogP contribution >= 0.6 is 0 Å². The molecule has 4 amide bonds. The number of benzene rings is 2. The number of esters is 1. The average molecular weight is 952 g/mol. The Bertz CT molecular complexity index is 2940. The Hall–Kier alpha value is -7.15. The second-order valence-electron chi connectivity index (χ2n) is 16.8. The molecule has 362 valence electrons. The van der Waals surface area contributed by atoms with Gasteiger partial charge < -0.3 is 45.3 Å². The molecular weight excluding hydrogens is 902 g/mol. The number of fused-ring (bicyclic) bond motifs is 5. The van der Waals surface area contributed by atoms with Crippen molar-refractivity contribution in [1.82, 2.24) is 51.1 Å². The maximum absolute atomic E-state index is 15.3. The number of hydrogen-bond donors (Lipinski definition) is 8. The van der Waals surface area contributed by atoms with Gasteiger partial charge in [0.2, 0.25) is 17.7 Å². The quantitative estimate of drug-likeness (QED) is 0.0273. The number of halogens is 1. The molecule has 23 heteroatoms. The van der Waals surface area contributed by atoms with E-state index in [-0.39, 0.29) is 75.4 Å². The predicted octanol–water partition coefficient (Wildman–Crippen LogP) is -1.04. The highest BCUT2D eigenvalue weighted by molar-refractivity contribution is 6.18. The summed E-state index contributed by atoms with van der Waals surface area (Å²) >= 11 is 0. The monoisotopic (exact) mass is 951 g/mol. The van der Waals surface area contributed by atoms with Crippen LogP contribution in [0.3, 0.4) is 0 Å². The van der Waals surface area contributed by atoms with Crippen LogP contribution in [0.2, 0.25) is 0 Å². The highest BCUT2D eigenvalue weighted by atomic mass is 19.1. The molecule has 0 fully saturated rings. The summed E-state index contributed by atoms with van der Waals surface area (Å²) in [7, 11) is 0. The van der Waals surface area contributed by atoms with Crippen LogP contribution in [0.5, 0.6) is 0 Å². The van der Waals surface area contributed by atoms with E-state index in [2.05, 4.69) is 41.9 Å². The van der Waals surface area contributed by atoms with Gasteiger partial charge in [0.1, 0.15) is 38.0 Å². The van der Waals surface area contributed by atoms with E-state index in [1.807, 2.05) is 0 Å². The smallest absolute Gasteiger partial charge is 0.343 e. The zero-order chi connectivity index (χ0) is 49.0. The number of hydrogen-bond acceptors (Lipinski definition) is 16. The first kappa shape index (κ1) is 48.3. The van der Waals surface area contributed by atoms with Crippen molar-refractivity contribution in [3.63, 3.8) is 0 Å². The summed E-state index contributed by atoms with van der Waals surface area (Å²) in [6, 6.07) is 10.6. The molecule has 22 nitrogen and oxygen atoms in total. The van der Waals surface area contributed by atoms with Crippen molar-refractivity contribution in [3.8, 4) is 11.4 Å². The molecule has 0 bridgehead atoms. The number of pyridine rings is 2. The lowest BCUT2D eigenvalue weighted by molar-refractivity contribution is -0.172. The number of rotatable bonds is 19. The third-order valence-electron chi connectivity index (χ3n) is 12.3. The van der Waals surface area contributed by atoms with E-state index in [9.17, 15) is 39.0 Å². The Balaban J connectivity index is 0.883. The summed E-state index contributed by atoms with van der Waals surface area (Å²) in [5, 5.41) is 52.0. The van der Waals surface area contributed by atoms with Gasteiger partial charge in [0.15, 0.2) is 5.60 Å². The second kappa shape index (κ2) is 20.6. The van der Waals surface area contributed by atoms with E-state index in [0.29, 0.717) is 56.9 Å². The van der Waals surface area contributed by atoms with E-state index in [1.165, 1.54) is 15.3 Å². The molecule has 8 rings (SSSR count). The normalized spacial score (nSPS) is 17.1. The third-order valence-corrected chi connectivity index (χ3v) is 12.3. The molecule has 69 heavy (non-hydrogen) atoms. The Morgan fingerprint density at radius 2 is 1.84 bits per heavy atom. The van der Waals surface area contributed by atoms with E-state index >= 15 is 4.39 Å². The summed E-state index contributed by atoms with van der Waals surface area (Å²) < 4.78 is 28.8. The molecule has 0 saturated carbocycles. The Morgan fingerprint density at radius 1 is 1.04 bits per heavy atom. The van der Waals surface area contributed by atoms with Gasteiger partial charge in [-0.1, -0.05) is 42.5 Å². The Kier molecular flexibility index (Phi) is 14.4. The fourth-order valence-electron chi connectivity index (χ4n) is 8.75. The van der Waals surface area contributed by atoms with Crippen LogP contribution in [0.15, 0.2) is 58.4 Å². The summed E-state index contributed by atoms with van der Waals surface area (Å²) in [4.78, 5) is 88.2. The molecule has 1 unspecified atom stereocenters. The Labute approximate surface area is 392 Å². The van der Waals surface area contributed by atoms with Crippen LogP contribution in [0.4, 0.5) is 4.39 Å². The van der Waals surface area contributed by atoms with E-state index < -0.39 is 78.7 Å². The van der Waals surface area contributed by atoms with E-state index in [0.717, 1.165) is 5.56 Å². The Morgan fingerprint density at radius 3 is 2.61 bits per heavy atom. The van der Waals surface area contributed by atoms with Crippen molar-refractivity contribution in [2.75, 3.05) is 33.2 Å². The predicted molar refractivity (Wildman–Crippen MR) is 241 cm³/mol. The maximum Gasteiger partial charge on any atom is 0.343 e. The third kappa shape index (κ3) is 10.2. The number of ether oxygens (including phenoxy) is 2. The van der Waals surface area contributed by atoms with Crippen LogP contribution in [-0.4, -0.2) is 121 Å². The highest BCUT2D eigenvalue weighted by Crippen LogP contribution is 2.43. The summed E-state index contributed by atoms with van der Waals surface area (Å²) in [5.74, 6) is -3.97. The standard InChI is InChI=1S/C46H50FN11O11/c1-3-46(67)30-12-35-42-28(18-58(35)44(65)29(30)20-69-45(46)66)41-32(10-9-27-24(2)31(47)13-33(54-42)40(27)41)52-39(63)21-68-23-51-36(60)15-50-43(64)34(11-25-7-5-4-6-8-25)53-37(61)16-49-38(62)19-57-17-26(55-56-57)14-48-22-59/h4-8,12-13,17,34,38,48-49,59,62,67H,3,9-11,14-16,18-23H2,1-2H3,(H,50,64)(H,51,60)(H,53,61)/b52-32+/t34-,38?,46-/m0/s1. The van der Waals surface area contributed by atoms with E-state index in [4.69, 9.17) is 19.6 Å². The fraction of sp³-hybridized carbons (Fsp3) is 0.391. The molecule has 1 aliphatic carbocycles. The average Bonchev–Trinajstić information content (AvgIpc) is 3.95. The number of cyclic esters (lactones) is 1. The molecule has 3 atom stereocenters. The maximum atomic E-state index is 15.3. The fourth-order valence-corrected chi connectivity index (χ4v) is 8.75. The zero-order valence-electron chi connectivity index (χ0n) is 37.6. The summed E-state index contributed by atoms with van der Waals surface area (Å²) in [6.07, 6.45) is 0.991. The molecule has 8 N–H and O–H groups in total. The molecule has 5 heterocycles. The van der Waals surface area contributed by atoms with Crippen LogP contribution in [0.25, 0.3) is 22.3 Å². The number of aryl methyl sites for hydroxylation is 1. The van der Waals surface area contributed by atoms with Crippen LogP contribution in [0.1, 0.15) is 64.4 Å². The van der Waals surface area contributed by atoms with Gasteiger partial charge in [-0.3, -0.25) is 34.6 Å². The topological polar surface area (TPSA) is 303 Å². The number of amides is 4. The number of aliphatic hydroxyl groups is 3. The first-order chi connectivity index (χ1) is 33.2. The van der Waals surface area contributed by atoms with Crippen molar-refractivity contribution in [2.45, 2.75) is 83.6 Å². The molecular formula is C46H50FN11O11. The van der Waals surface area contributed by atoms with Crippen molar-refractivity contribution >= 4 is 46.2 Å². The van der Waals surface area contributed by atoms with Crippen molar-refractivity contribution < 1.29 is 53.2 Å². The van der Waals surface area contributed by atoms with Gasteiger partial charge in [0.25, 0.3) is 11.5 Å². The number of carbonyl (C=O) groups is 5. The molecule has 2 aliphatic heterocycles. The van der Waals surface area contributed by atoms with Gasteiger partial charge >= 0.3 is 5.97 Å². The molecule has 3 aliphatic rings. The molecule has 5 aromatic rings. The lowest BCUT2D eigenvalue weighted by Crippen LogP contribution is -2.52. The van der Waals surface area contributed by atoms with Crippen molar-refractivity contribution in [3.05, 3.63) is 109 Å². The van der Waals surface area contributed by atoms with E-state index in [1.54, 1.807) is 56.4 Å². The number of carbonyl (C=O) groups excluding carboxylic acids is 5. The number of aliphatic hydroxyl groups excluding tert-OH is 2. The molecule has 0 radical (unpaired) electrons. The molecule has 0 spiro atoms. The minimum Gasteiger partial charge on any atom is -0.458 e. The van der Waals surface area contributed by atoms with Gasteiger partial charge in [-0.15, -0.1) is 5.10 Å². The van der Waals surface area contributed by atoms with Gasteiger partial charge in [0.05, 0.1) is 66.8 Å². The molecule has 3 aromatic heterocycles. The minimum atomic E-state index is -2.05. The lowest BCUT2D eigenvalue weighted by Gasteiger charge is -2.31. The van der Waals surface area contributed by atoms with Gasteiger partial charge in [-0.25, -0.2) is 23.8 Å². The van der Waals surface area contributed by atoms with Crippen LogP contribution in [-0.2, 0) is 78.1 Å². The van der Waals surface area contributed by atoms with Crippen molar-refractivity contribution in [2.24, 2.45) is 4.99 Å². The van der Waals surface area contributed by atoms with Gasteiger partial charge in [-0.2, -0.15) is 0 Å². The zero-order valence-corrected chi connectivity index (χ0v) is 37.6. The second-order valence-corrected chi connectivity index (χ2v) is 16.8. The molecule has 0 saturated heterocycles. The van der Waals surface area contributed by atoms with Crippen molar-refractivity contribution in [1.29, 1.82) is 0 Å². The van der Waals surface area contributed by atoms with Crippen LogP contribution < -0.4 is 32.1 Å². The van der Waals surface area contributed by atoms with Gasteiger partial charge in [-0.05, 0) is 48.9 Å². The number of nitrogens with zero attached hydrogens (tertiary/aromatic N) is 6. The largest absolute Gasteiger partial charge is 0.458 e. The minimum absolute atomic E-state index is 0.0232. The first-order valence-corrected chi connectivity index (χ1v) is 22.2. The molecule has 2 aromatic carbocycles. The first-order valence-electron chi connectivity index (χ1n) is 22.2. The lowest BCUT2D eigenvalue weighted by atomic mass is 9.83. The number of aliphatic imine (C=N–C) groups is 1. The van der Waals surface area contributed by atoms with Crippen LogP contribution in [0, 0.1) is 12.7 Å².